The van der Waals surface area contributed by atoms with Crippen LogP contribution in [0.3, 0.4) is 0 Å². The van der Waals surface area contributed by atoms with E-state index in [4.69, 9.17) is 4.84 Å². The number of ketones is 1. The zero-order valence-electron chi connectivity index (χ0n) is 6.73. The highest BCUT2D eigenvalue weighted by molar-refractivity contribution is 5.96. The maximum absolute atomic E-state index is 11.0. The number of allylic oxidation sites excluding steroid dienone is 2. The molecular formula is C9H9NO2. The summed E-state index contributed by atoms with van der Waals surface area (Å²) in [6, 6.07) is 0. The number of carbonyl (C=O) groups is 1. The molecule has 0 radical (unpaired) electrons. The number of oxime groups is 1. The molecule has 12 heavy (non-hydrogen) atoms. The first-order chi connectivity index (χ1) is 5.77. The third-order valence-corrected chi connectivity index (χ3v) is 2.04. The third kappa shape index (κ3) is 1.07. The molecule has 0 aromatic heterocycles. The van der Waals surface area contributed by atoms with E-state index in [9.17, 15) is 4.79 Å². The monoisotopic (exact) mass is 163 g/mol. The minimum absolute atomic E-state index is 0.0612. The second-order valence-corrected chi connectivity index (χ2v) is 2.94. The molecule has 0 fully saturated rings. The summed E-state index contributed by atoms with van der Waals surface area (Å²) in [7, 11) is 0. The minimum atomic E-state index is -0.0612. The Morgan fingerprint density at radius 1 is 1.67 bits per heavy atom. The molecule has 0 amide bonds. The molecule has 2 atom stereocenters. The number of nitrogens with zero attached hydrogens (tertiary/aromatic N) is 1. The van der Waals surface area contributed by atoms with Gasteiger partial charge < -0.3 is 4.84 Å². The Morgan fingerprint density at radius 2 is 2.50 bits per heavy atom. The van der Waals surface area contributed by atoms with Crippen LogP contribution in [0.1, 0.15) is 6.92 Å². The summed E-state index contributed by atoms with van der Waals surface area (Å²) in [4.78, 5) is 16.0. The fourth-order valence-electron chi connectivity index (χ4n) is 1.31. The van der Waals surface area contributed by atoms with Gasteiger partial charge in [-0.1, -0.05) is 17.3 Å². The molecule has 1 aliphatic heterocycles. The van der Waals surface area contributed by atoms with Crippen molar-refractivity contribution in [2.24, 2.45) is 11.1 Å². The molecule has 1 heterocycles. The maximum Gasteiger partial charge on any atom is 0.159 e. The lowest BCUT2D eigenvalue weighted by Gasteiger charge is -2.13. The zero-order valence-corrected chi connectivity index (χ0v) is 6.73. The highest BCUT2D eigenvalue weighted by atomic mass is 16.6. The summed E-state index contributed by atoms with van der Waals surface area (Å²) in [6.45, 7) is 1.55. The highest BCUT2D eigenvalue weighted by Crippen LogP contribution is 2.22. The van der Waals surface area contributed by atoms with Gasteiger partial charge in [-0.05, 0) is 13.0 Å². The van der Waals surface area contributed by atoms with E-state index in [0.29, 0.717) is 5.57 Å². The molecule has 3 nitrogen and oxygen atoms in total. The Labute approximate surface area is 70.4 Å². The molecule has 62 valence electrons. The normalized spacial score (nSPS) is 30.9. The molecule has 2 unspecified atom stereocenters. The minimum Gasteiger partial charge on any atom is -0.388 e. The van der Waals surface area contributed by atoms with Crippen molar-refractivity contribution in [3.63, 3.8) is 0 Å². The summed E-state index contributed by atoms with van der Waals surface area (Å²) >= 11 is 0. The van der Waals surface area contributed by atoms with Gasteiger partial charge in [0, 0.05) is 5.57 Å². The fourth-order valence-corrected chi connectivity index (χ4v) is 1.31. The molecule has 1 aliphatic carbocycles. The largest absolute Gasteiger partial charge is 0.388 e. The van der Waals surface area contributed by atoms with Crippen molar-refractivity contribution >= 4 is 12.0 Å². The number of rotatable bonds is 1. The van der Waals surface area contributed by atoms with Crippen LogP contribution in [0.25, 0.3) is 0 Å². The summed E-state index contributed by atoms with van der Waals surface area (Å²) < 4.78 is 0. The van der Waals surface area contributed by atoms with E-state index in [1.165, 1.54) is 0 Å². The van der Waals surface area contributed by atoms with Gasteiger partial charge in [0.2, 0.25) is 0 Å². The van der Waals surface area contributed by atoms with Gasteiger partial charge in [0.15, 0.2) is 11.9 Å². The van der Waals surface area contributed by atoms with Crippen LogP contribution >= 0.6 is 0 Å². The van der Waals surface area contributed by atoms with Gasteiger partial charge in [0.05, 0.1) is 12.1 Å². The summed E-state index contributed by atoms with van der Waals surface area (Å²) in [5.74, 6) is 0.285. The molecular weight excluding hydrogens is 154 g/mol. The predicted octanol–water partition coefficient (Wildman–Crippen LogP) is 1.07. The number of hydrogen-bond donors (Lipinski definition) is 0. The smallest absolute Gasteiger partial charge is 0.159 e. The van der Waals surface area contributed by atoms with E-state index in [1.807, 2.05) is 18.2 Å². The first kappa shape index (κ1) is 7.28. The van der Waals surface area contributed by atoms with Gasteiger partial charge in [0.1, 0.15) is 0 Å². The van der Waals surface area contributed by atoms with Crippen LogP contribution in [0.4, 0.5) is 0 Å². The summed E-state index contributed by atoms with van der Waals surface area (Å²) in [6.07, 6.45) is 7.27. The lowest BCUT2D eigenvalue weighted by molar-refractivity contribution is -0.113. The van der Waals surface area contributed by atoms with E-state index in [-0.39, 0.29) is 17.8 Å². The SMILES string of the molecule is CC(=O)C1=CC2ON=CC2C=C1. The van der Waals surface area contributed by atoms with Gasteiger partial charge in [-0.25, -0.2) is 0 Å². The average Bonchev–Trinajstić information content (AvgIpc) is 2.49. The molecule has 0 aromatic carbocycles. The lowest BCUT2D eigenvalue weighted by Crippen LogP contribution is -2.18. The van der Waals surface area contributed by atoms with Crippen molar-refractivity contribution in [1.29, 1.82) is 0 Å². The molecule has 0 saturated heterocycles. The van der Waals surface area contributed by atoms with Crippen molar-refractivity contribution in [3.8, 4) is 0 Å². The van der Waals surface area contributed by atoms with Crippen LogP contribution in [-0.4, -0.2) is 18.1 Å². The summed E-state index contributed by atoms with van der Waals surface area (Å²) in [5.41, 5.74) is 0.710. The van der Waals surface area contributed by atoms with Crippen molar-refractivity contribution in [3.05, 3.63) is 23.8 Å². The topological polar surface area (TPSA) is 38.7 Å². The van der Waals surface area contributed by atoms with Crippen LogP contribution in [0, 0.1) is 5.92 Å². The first-order valence-corrected chi connectivity index (χ1v) is 3.87. The Hall–Kier alpha value is -1.38. The molecule has 3 heteroatoms. The Kier molecular flexibility index (Phi) is 1.57. The molecule has 0 saturated carbocycles. The molecule has 2 rings (SSSR count). The van der Waals surface area contributed by atoms with Gasteiger partial charge in [0.25, 0.3) is 0 Å². The van der Waals surface area contributed by atoms with Gasteiger partial charge in [-0.3, -0.25) is 4.79 Å². The quantitative estimate of drug-likeness (QED) is 0.580. The fraction of sp³-hybridized carbons (Fsp3) is 0.333. The van der Waals surface area contributed by atoms with Crippen LogP contribution in [0.15, 0.2) is 29.0 Å². The van der Waals surface area contributed by atoms with E-state index < -0.39 is 0 Å². The van der Waals surface area contributed by atoms with E-state index in [0.717, 1.165) is 0 Å². The maximum atomic E-state index is 11.0. The van der Waals surface area contributed by atoms with Crippen molar-refractivity contribution in [1.82, 2.24) is 0 Å². The van der Waals surface area contributed by atoms with Gasteiger partial charge in [-0.15, -0.1) is 0 Å². The molecule has 0 bridgehead atoms. The Bertz CT molecular complexity index is 302. The number of fused-ring (bicyclic) bond motifs is 1. The van der Waals surface area contributed by atoms with Crippen LogP contribution in [0.5, 0.6) is 0 Å². The van der Waals surface area contributed by atoms with E-state index >= 15 is 0 Å². The molecule has 0 spiro atoms. The summed E-state index contributed by atoms with van der Waals surface area (Å²) in [5, 5.41) is 3.69. The van der Waals surface area contributed by atoms with E-state index in [2.05, 4.69) is 5.16 Å². The number of carbonyl (C=O) groups excluding carboxylic acids is 1. The van der Waals surface area contributed by atoms with Crippen LogP contribution < -0.4 is 0 Å². The van der Waals surface area contributed by atoms with Crippen LogP contribution in [-0.2, 0) is 9.63 Å². The molecule has 0 N–H and O–H groups in total. The zero-order chi connectivity index (χ0) is 8.55. The Morgan fingerprint density at radius 3 is 3.25 bits per heavy atom. The van der Waals surface area contributed by atoms with Gasteiger partial charge >= 0.3 is 0 Å². The van der Waals surface area contributed by atoms with E-state index in [1.54, 1.807) is 13.1 Å². The number of Topliss-reactive ketones (excluding diaryl/α,β-unsaturated/α-hetero) is 1. The Balaban J connectivity index is 2.23. The van der Waals surface area contributed by atoms with Crippen LogP contribution in [0.2, 0.25) is 0 Å². The van der Waals surface area contributed by atoms with Crippen molar-refractivity contribution in [2.75, 3.05) is 0 Å². The molecule has 2 aliphatic rings. The number of hydrogen-bond acceptors (Lipinski definition) is 3. The third-order valence-electron chi connectivity index (χ3n) is 2.04. The van der Waals surface area contributed by atoms with Gasteiger partial charge in [-0.2, -0.15) is 0 Å². The second kappa shape index (κ2) is 2.59. The standard InChI is InChI=1S/C9H9NO2/c1-6(11)7-2-3-8-5-10-12-9(8)4-7/h2-5,8-9H,1H3. The molecule has 0 aromatic rings. The first-order valence-electron chi connectivity index (χ1n) is 3.87. The second-order valence-electron chi connectivity index (χ2n) is 2.94. The highest BCUT2D eigenvalue weighted by Gasteiger charge is 2.26. The predicted molar refractivity (Wildman–Crippen MR) is 44.8 cm³/mol. The lowest BCUT2D eigenvalue weighted by atomic mass is 9.94. The average molecular weight is 163 g/mol. The van der Waals surface area contributed by atoms with Crippen molar-refractivity contribution < 1.29 is 9.63 Å². The van der Waals surface area contributed by atoms with Crippen molar-refractivity contribution in [2.45, 2.75) is 13.0 Å².